The van der Waals surface area contributed by atoms with Gasteiger partial charge < -0.3 is 15.2 Å². The van der Waals surface area contributed by atoms with Gasteiger partial charge in [-0.2, -0.15) is 0 Å². The smallest absolute Gasteiger partial charge is 0.293 e. The lowest BCUT2D eigenvalue weighted by molar-refractivity contribution is -0.129. The highest BCUT2D eigenvalue weighted by Crippen LogP contribution is 2.46. The van der Waals surface area contributed by atoms with E-state index in [2.05, 4.69) is 51.7 Å². The molecule has 0 radical (unpaired) electrons. The lowest BCUT2D eigenvalue weighted by atomic mass is 9.87. The van der Waals surface area contributed by atoms with Crippen molar-refractivity contribution in [1.29, 1.82) is 0 Å². The molecule has 0 amide bonds. The van der Waals surface area contributed by atoms with Crippen LogP contribution in [0.4, 0.5) is 0 Å². The van der Waals surface area contributed by atoms with Crippen LogP contribution in [0.2, 0.25) is 0 Å². The van der Waals surface area contributed by atoms with Gasteiger partial charge >= 0.3 is 0 Å². The number of aliphatic hydroxyl groups is 1. The van der Waals surface area contributed by atoms with Crippen LogP contribution in [-0.2, 0) is 9.53 Å². The summed E-state index contributed by atoms with van der Waals surface area (Å²) in [7, 11) is 0. The number of rotatable bonds is 6. The number of carbonyl (C=O) groups excluding carboxylic acids is 1. The van der Waals surface area contributed by atoms with Gasteiger partial charge in [-0.15, -0.1) is 0 Å². The molecule has 7 nitrogen and oxygen atoms in total. The number of aliphatic hydroxyl groups excluding tert-OH is 1. The molecule has 0 spiro atoms. The molecule has 1 aliphatic carbocycles. The third-order valence-electron chi connectivity index (χ3n) is 8.92. The minimum absolute atomic E-state index is 0.0634. The molecule has 0 saturated carbocycles. The molecule has 6 aliphatic rings. The third kappa shape index (κ3) is 3.86. The Labute approximate surface area is 234 Å². The first-order chi connectivity index (χ1) is 19.3. The van der Waals surface area contributed by atoms with Gasteiger partial charge in [0.2, 0.25) is 0 Å². The molecule has 1 fully saturated rings. The van der Waals surface area contributed by atoms with E-state index in [0.717, 1.165) is 85.5 Å². The first kappa shape index (κ1) is 26.0. The number of hydrogen-bond acceptors (Lipinski definition) is 7. The maximum atomic E-state index is 11.1. The van der Waals surface area contributed by atoms with Gasteiger partial charge in [0.1, 0.15) is 5.76 Å². The number of allylic oxidation sites excluding steroid dienone is 12. The normalized spacial score (nSPS) is 25.2. The summed E-state index contributed by atoms with van der Waals surface area (Å²) in [4.78, 5) is 26.1. The summed E-state index contributed by atoms with van der Waals surface area (Å²) >= 11 is 0. The van der Waals surface area contributed by atoms with Crippen molar-refractivity contribution >= 4 is 23.6 Å². The van der Waals surface area contributed by atoms with Gasteiger partial charge in [-0.1, -0.05) is 26.5 Å². The predicted octanol–water partition coefficient (Wildman–Crippen LogP) is 6.41. The Morgan fingerprint density at radius 1 is 1.07 bits per heavy atom. The molecule has 0 aromatic heterocycles. The van der Waals surface area contributed by atoms with Gasteiger partial charge in [0.05, 0.1) is 40.8 Å². The SMILES string of the molecule is C=CC1=C(C)C2=NC1=CC1=NC(=CC3=C(C)C4=C(O)CC(=C5NC(=C2)[C@@H](C)[C@@H]5CCOC=O)C4=N3)C(CC)=C1C. The van der Waals surface area contributed by atoms with E-state index in [1.165, 1.54) is 5.57 Å². The number of hydrogen-bond donors (Lipinski definition) is 2. The molecule has 1 saturated heterocycles. The second kappa shape index (κ2) is 9.73. The van der Waals surface area contributed by atoms with Crippen molar-refractivity contribution in [3.05, 3.63) is 104 Å². The van der Waals surface area contributed by atoms with Crippen LogP contribution in [0.25, 0.3) is 0 Å². The second-order valence-corrected chi connectivity index (χ2v) is 11.0. The molecule has 5 heterocycles. The summed E-state index contributed by atoms with van der Waals surface area (Å²) < 4.78 is 5.11. The lowest BCUT2D eigenvalue weighted by Crippen LogP contribution is -2.16. The van der Waals surface area contributed by atoms with E-state index in [0.29, 0.717) is 31.7 Å². The minimum Gasteiger partial charge on any atom is -0.511 e. The van der Waals surface area contributed by atoms with Gasteiger partial charge in [-0.05, 0) is 74.1 Å². The molecular formula is C33H34N4O3. The van der Waals surface area contributed by atoms with Crippen LogP contribution in [0.15, 0.2) is 119 Å². The van der Waals surface area contributed by atoms with Gasteiger partial charge in [0.25, 0.3) is 6.47 Å². The van der Waals surface area contributed by atoms with Crippen molar-refractivity contribution < 1.29 is 14.6 Å². The molecule has 7 heteroatoms. The Hall–Kier alpha value is -4.26. The topological polar surface area (TPSA) is 95.6 Å². The molecule has 204 valence electrons. The molecule has 0 aromatic rings. The molecule has 5 aliphatic heterocycles. The number of nitrogens with zero attached hydrogens (tertiary/aromatic N) is 3. The zero-order valence-electron chi connectivity index (χ0n) is 23.7. The highest BCUT2D eigenvalue weighted by molar-refractivity contribution is 6.21. The summed E-state index contributed by atoms with van der Waals surface area (Å²) in [5.74, 6) is 0.516. The average Bonchev–Trinajstić information content (AvgIpc) is 3.67. The van der Waals surface area contributed by atoms with Crippen molar-refractivity contribution in [2.75, 3.05) is 6.61 Å². The summed E-state index contributed by atoms with van der Waals surface area (Å²) in [6.07, 6.45) is 10.0. The van der Waals surface area contributed by atoms with E-state index < -0.39 is 0 Å². The standard InChI is InChI=1S/C33H34N4O3/c1-7-20-16(3)24-12-26-18(5)22(9-10-40-15-38)32(36-26)23-11-30(39)31-19(6)27(37-33(23)31)14-29-21(8-2)17(4)25(35-29)13-28(20)34-24/h7,12-15,18,22,36,39H,1,8-11H2,2-6H3/t18-,22-/m0/s1. The number of fused-ring (bicyclic) bond motifs is 5. The zero-order chi connectivity index (χ0) is 28.3. The Bertz CT molecular complexity index is 1630. The van der Waals surface area contributed by atoms with Crippen LogP contribution in [0.3, 0.4) is 0 Å². The number of aliphatic imine (C=N–C) groups is 3. The number of carbonyl (C=O) groups is 1. The van der Waals surface area contributed by atoms with E-state index >= 15 is 0 Å². The molecule has 0 aromatic carbocycles. The number of ether oxygens (including phenoxy) is 1. The van der Waals surface area contributed by atoms with E-state index in [1.807, 2.05) is 19.1 Å². The van der Waals surface area contributed by atoms with Crippen LogP contribution in [0.1, 0.15) is 53.9 Å². The van der Waals surface area contributed by atoms with Crippen LogP contribution in [0, 0.1) is 11.8 Å². The van der Waals surface area contributed by atoms with E-state index in [4.69, 9.17) is 19.7 Å². The van der Waals surface area contributed by atoms with Crippen molar-refractivity contribution in [3.63, 3.8) is 0 Å². The van der Waals surface area contributed by atoms with Crippen molar-refractivity contribution in [3.8, 4) is 0 Å². The minimum atomic E-state index is 0.0634. The maximum Gasteiger partial charge on any atom is 0.293 e. The van der Waals surface area contributed by atoms with Gasteiger partial charge in [0, 0.05) is 46.4 Å². The van der Waals surface area contributed by atoms with Crippen LogP contribution < -0.4 is 5.32 Å². The molecule has 8 bridgehead atoms. The lowest BCUT2D eigenvalue weighted by Gasteiger charge is -2.17. The Morgan fingerprint density at radius 3 is 2.55 bits per heavy atom. The summed E-state index contributed by atoms with van der Waals surface area (Å²) in [6.45, 7) is 15.4. The molecule has 40 heavy (non-hydrogen) atoms. The zero-order valence-corrected chi connectivity index (χ0v) is 23.7. The summed E-state index contributed by atoms with van der Waals surface area (Å²) in [5, 5.41) is 14.8. The predicted molar refractivity (Wildman–Crippen MR) is 159 cm³/mol. The van der Waals surface area contributed by atoms with E-state index in [9.17, 15) is 9.90 Å². The average molecular weight is 535 g/mol. The van der Waals surface area contributed by atoms with Gasteiger partial charge in [-0.25, -0.2) is 15.0 Å². The third-order valence-corrected chi connectivity index (χ3v) is 8.92. The number of nitrogens with one attached hydrogen (secondary N) is 1. The van der Waals surface area contributed by atoms with E-state index in [-0.39, 0.29) is 11.8 Å². The van der Waals surface area contributed by atoms with Crippen LogP contribution >= 0.6 is 0 Å². The van der Waals surface area contributed by atoms with Crippen LogP contribution in [0.5, 0.6) is 0 Å². The quantitative estimate of drug-likeness (QED) is 0.304. The fraction of sp³-hybridized carbons (Fsp3) is 0.333. The molecule has 6 rings (SSSR count). The van der Waals surface area contributed by atoms with Gasteiger partial charge in [0.15, 0.2) is 0 Å². The van der Waals surface area contributed by atoms with Crippen molar-refractivity contribution in [2.24, 2.45) is 26.8 Å². The maximum absolute atomic E-state index is 11.1. The summed E-state index contributed by atoms with van der Waals surface area (Å²) in [6, 6.07) is 0. The Balaban J connectivity index is 1.60. The van der Waals surface area contributed by atoms with Crippen LogP contribution in [-0.4, -0.2) is 35.3 Å². The molecule has 0 unspecified atom stereocenters. The largest absolute Gasteiger partial charge is 0.511 e. The molecule has 2 atom stereocenters. The molecule has 2 N–H and O–H groups in total. The summed E-state index contributed by atoms with van der Waals surface area (Å²) in [5.41, 5.74) is 14.4. The fourth-order valence-corrected chi connectivity index (χ4v) is 6.63. The fourth-order valence-electron chi connectivity index (χ4n) is 6.63. The first-order valence-corrected chi connectivity index (χ1v) is 13.9. The Morgan fingerprint density at radius 2 is 1.82 bits per heavy atom. The van der Waals surface area contributed by atoms with E-state index in [1.54, 1.807) is 0 Å². The van der Waals surface area contributed by atoms with Gasteiger partial charge in [-0.3, -0.25) is 4.79 Å². The Kier molecular flexibility index (Phi) is 6.32. The highest BCUT2D eigenvalue weighted by Gasteiger charge is 2.41. The molecular weight excluding hydrogens is 500 g/mol. The van der Waals surface area contributed by atoms with Crippen molar-refractivity contribution in [2.45, 2.75) is 53.9 Å². The van der Waals surface area contributed by atoms with Crippen molar-refractivity contribution in [1.82, 2.24) is 5.32 Å². The highest BCUT2D eigenvalue weighted by atomic mass is 16.5. The monoisotopic (exact) mass is 534 g/mol. The second-order valence-electron chi connectivity index (χ2n) is 11.0. The first-order valence-electron chi connectivity index (χ1n) is 13.9.